The highest BCUT2D eigenvalue weighted by Gasteiger charge is 2.32. The summed E-state index contributed by atoms with van der Waals surface area (Å²) in [6.07, 6.45) is 7.38. The van der Waals surface area contributed by atoms with Gasteiger partial charge < -0.3 is 14.6 Å². The van der Waals surface area contributed by atoms with Gasteiger partial charge in [-0.05, 0) is 72.9 Å². The number of rotatable bonds is 3. The van der Waals surface area contributed by atoms with E-state index in [1.807, 2.05) is 6.07 Å². The van der Waals surface area contributed by atoms with Crippen molar-refractivity contribution in [2.75, 3.05) is 20.2 Å². The standard InChI is InChI=1S/C25H28N2O2/c1-29-19-9-10-24-22(15-19)23(16-26-24)18-11-13-27(14-12-18)25(28)21-8-4-6-17-5-2-3-7-20(17)21/h2-3,5,7,9-10,15-16,18,21,26H,4,6,8,11-14H2,1H3. The molecule has 1 saturated heterocycles. The molecule has 1 fully saturated rings. The van der Waals surface area contributed by atoms with E-state index in [0.29, 0.717) is 11.8 Å². The summed E-state index contributed by atoms with van der Waals surface area (Å²) in [5, 5.41) is 1.25. The van der Waals surface area contributed by atoms with Gasteiger partial charge in [0.05, 0.1) is 13.0 Å². The molecule has 0 bridgehead atoms. The lowest BCUT2D eigenvalue weighted by atomic mass is 9.81. The summed E-state index contributed by atoms with van der Waals surface area (Å²) < 4.78 is 5.41. The Morgan fingerprint density at radius 1 is 1.07 bits per heavy atom. The van der Waals surface area contributed by atoms with Crippen molar-refractivity contribution >= 4 is 16.8 Å². The van der Waals surface area contributed by atoms with Gasteiger partial charge in [0.25, 0.3) is 0 Å². The number of carbonyl (C=O) groups excluding carboxylic acids is 1. The number of aromatic amines is 1. The quantitative estimate of drug-likeness (QED) is 0.686. The molecular weight excluding hydrogens is 360 g/mol. The topological polar surface area (TPSA) is 45.3 Å². The van der Waals surface area contributed by atoms with Crippen molar-refractivity contribution in [3.05, 3.63) is 65.4 Å². The molecule has 1 aromatic heterocycles. The number of aryl methyl sites for hydroxylation is 1. The molecule has 2 aliphatic rings. The van der Waals surface area contributed by atoms with Crippen molar-refractivity contribution in [3.8, 4) is 5.75 Å². The molecule has 4 heteroatoms. The number of hydrogen-bond donors (Lipinski definition) is 1. The van der Waals surface area contributed by atoms with Gasteiger partial charge in [-0.2, -0.15) is 0 Å². The molecule has 1 atom stereocenters. The summed E-state index contributed by atoms with van der Waals surface area (Å²) in [6, 6.07) is 14.7. The van der Waals surface area contributed by atoms with E-state index >= 15 is 0 Å². The molecule has 4 nitrogen and oxygen atoms in total. The maximum absolute atomic E-state index is 13.3. The van der Waals surface area contributed by atoms with Gasteiger partial charge in [0.15, 0.2) is 0 Å². The minimum Gasteiger partial charge on any atom is -0.497 e. The monoisotopic (exact) mass is 388 g/mol. The van der Waals surface area contributed by atoms with E-state index in [-0.39, 0.29) is 5.92 Å². The third-order valence-electron chi connectivity index (χ3n) is 6.83. The van der Waals surface area contributed by atoms with Gasteiger partial charge in [-0.25, -0.2) is 0 Å². The number of likely N-dealkylation sites (tertiary alicyclic amines) is 1. The van der Waals surface area contributed by atoms with Crippen LogP contribution in [0.3, 0.4) is 0 Å². The van der Waals surface area contributed by atoms with Gasteiger partial charge in [0.2, 0.25) is 5.91 Å². The second-order valence-corrected chi connectivity index (χ2v) is 8.40. The van der Waals surface area contributed by atoms with E-state index in [4.69, 9.17) is 4.74 Å². The molecule has 0 radical (unpaired) electrons. The van der Waals surface area contributed by atoms with E-state index in [2.05, 4.69) is 52.5 Å². The lowest BCUT2D eigenvalue weighted by Gasteiger charge is -2.36. The van der Waals surface area contributed by atoms with E-state index in [9.17, 15) is 4.79 Å². The molecule has 5 rings (SSSR count). The van der Waals surface area contributed by atoms with Crippen molar-refractivity contribution in [2.45, 2.75) is 43.9 Å². The Morgan fingerprint density at radius 2 is 1.90 bits per heavy atom. The Balaban J connectivity index is 1.31. The Bertz CT molecular complexity index is 1030. The van der Waals surface area contributed by atoms with E-state index in [1.54, 1.807) is 7.11 Å². The number of aromatic nitrogens is 1. The fourth-order valence-electron chi connectivity index (χ4n) is 5.23. The first-order valence-corrected chi connectivity index (χ1v) is 10.8. The van der Waals surface area contributed by atoms with Gasteiger partial charge in [0.1, 0.15) is 5.75 Å². The molecular formula is C25H28N2O2. The van der Waals surface area contributed by atoms with Crippen molar-refractivity contribution < 1.29 is 9.53 Å². The molecule has 0 saturated carbocycles. The van der Waals surface area contributed by atoms with Gasteiger partial charge in [0, 0.05) is 30.2 Å². The van der Waals surface area contributed by atoms with Crippen LogP contribution in [0.1, 0.15) is 54.2 Å². The molecule has 2 aromatic carbocycles. The van der Waals surface area contributed by atoms with E-state index < -0.39 is 0 Å². The number of hydrogen-bond acceptors (Lipinski definition) is 2. The second-order valence-electron chi connectivity index (χ2n) is 8.40. The minimum absolute atomic E-state index is 0.0499. The smallest absolute Gasteiger partial charge is 0.230 e. The van der Waals surface area contributed by atoms with Gasteiger partial charge in [-0.3, -0.25) is 4.79 Å². The number of nitrogens with zero attached hydrogens (tertiary/aromatic N) is 1. The predicted octanol–water partition coefficient (Wildman–Crippen LogP) is 5.00. The zero-order valence-electron chi connectivity index (χ0n) is 17.0. The van der Waals surface area contributed by atoms with Crippen LogP contribution in [-0.2, 0) is 11.2 Å². The molecule has 29 heavy (non-hydrogen) atoms. The van der Waals surface area contributed by atoms with Crippen molar-refractivity contribution in [1.29, 1.82) is 0 Å². The van der Waals surface area contributed by atoms with E-state index in [0.717, 1.165) is 56.5 Å². The fourth-order valence-corrected chi connectivity index (χ4v) is 5.23. The summed E-state index contributed by atoms with van der Waals surface area (Å²) in [7, 11) is 1.71. The van der Waals surface area contributed by atoms with Crippen LogP contribution in [0.5, 0.6) is 5.75 Å². The number of fused-ring (bicyclic) bond motifs is 2. The summed E-state index contributed by atoms with van der Waals surface area (Å²) in [5.74, 6) is 1.76. The highest BCUT2D eigenvalue weighted by molar-refractivity contribution is 5.86. The Labute approximate surface area is 171 Å². The molecule has 0 spiro atoms. The summed E-state index contributed by atoms with van der Waals surface area (Å²) in [6.45, 7) is 1.69. The third-order valence-corrected chi connectivity index (χ3v) is 6.83. The highest BCUT2D eigenvalue weighted by atomic mass is 16.5. The lowest BCUT2D eigenvalue weighted by molar-refractivity contribution is -0.134. The molecule has 3 aromatic rings. The minimum atomic E-state index is 0.0499. The van der Waals surface area contributed by atoms with Crippen LogP contribution in [0.25, 0.3) is 10.9 Å². The first kappa shape index (κ1) is 18.3. The van der Waals surface area contributed by atoms with Crippen molar-refractivity contribution in [3.63, 3.8) is 0 Å². The number of benzene rings is 2. The first-order chi connectivity index (χ1) is 14.2. The Kier molecular flexibility index (Phi) is 4.78. The molecule has 1 aliphatic carbocycles. The summed E-state index contributed by atoms with van der Waals surface area (Å²) in [5.41, 5.74) is 5.13. The Morgan fingerprint density at radius 3 is 2.72 bits per heavy atom. The lowest BCUT2D eigenvalue weighted by Crippen LogP contribution is -2.41. The van der Waals surface area contributed by atoms with Crippen LogP contribution < -0.4 is 4.74 Å². The molecule has 1 amide bonds. The van der Waals surface area contributed by atoms with Crippen LogP contribution in [0, 0.1) is 0 Å². The van der Waals surface area contributed by atoms with Crippen molar-refractivity contribution in [2.24, 2.45) is 0 Å². The van der Waals surface area contributed by atoms with Crippen LogP contribution >= 0.6 is 0 Å². The maximum Gasteiger partial charge on any atom is 0.230 e. The zero-order chi connectivity index (χ0) is 19.8. The van der Waals surface area contributed by atoms with Gasteiger partial charge >= 0.3 is 0 Å². The zero-order valence-corrected chi connectivity index (χ0v) is 17.0. The Hall–Kier alpha value is -2.75. The number of ether oxygens (including phenoxy) is 1. The van der Waals surface area contributed by atoms with Crippen LogP contribution in [0.2, 0.25) is 0 Å². The maximum atomic E-state index is 13.3. The van der Waals surface area contributed by atoms with Crippen molar-refractivity contribution in [1.82, 2.24) is 9.88 Å². The normalized spacial score (nSPS) is 19.9. The van der Waals surface area contributed by atoms with Crippen LogP contribution in [0.4, 0.5) is 0 Å². The molecule has 1 N–H and O–H groups in total. The average molecular weight is 389 g/mol. The molecule has 1 unspecified atom stereocenters. The average Bonchev–Trinajstić information content (AvgIpc) is 3.21. The molecule has 2 heterocycles. The van der Waals surface area contributed by atoms with Gasteiger partial charge in [-0.1, -0.05) is 24.3 Å². The third kappa shape index (κ3) is 3.31. The number of nitrogens with one attached hydrogen (secondary N) is 1. The second kappa shape index (κ2) is 7.58. The largest absolute Gasteiger partial charge is 0.497 e. The summed E-state index contributed by atoms with van der Waals surface area (Å²) >= 11 is 0. The number of H-pyrrole nitrogens is 1. The SMILES string of the molecule is COc1ccc2[nH]cc(C3CCN(C(=O)C4CCCc5ccccc54)CC3)c2c1. The summed E-state index contributed by atoms with van der Waals surface area (Å²) in [4.78, 5) is 18.8. The highest BCUT2D eigenvalue weighted by Crippen LogP contribution is 2.37. The number of amides is 1. The first-order valence-electron chi connectivity index (χ1n) is 10.8. The molecule has 1 aliphatic heterocycles. The van der Waals surface area contributed by atoms with E-state index in [1.165, 1.54) is 22.1 Å². The predicted molar refractivity (Wildman–Crippen MR) is 116 cm³/mol. The van der Waals surface area contributed by atoms with Crippen LogP contribution in [0.15, 0.2) is 48.7 Å². The number of piperidine rings is 1. The molecule has 150 valence electrons. The van der Waals surface area contributed by atoms with Gasteiger partial charge in [-0.15, -0.1) is 0 Å². The number of carbonyl (C=O) groups is 1. The fraction of sp³-hybridized carbons (Fsp3) is 0.400. The van der Waals surface area contributed by atoms with Crippen LogP contribution in [-0.4, -0.2) is 36.0 Å². The number of methoxy groups -OCH3 is 1.